The molecule has 4 heteroatoms. The monoisotopic (exact) mass is 214 g/mol. The summed E-state index contributed by atoms with van der Waals surface area (Å²) in [5, 5.41) is 12.3. The van der Waals surface area contributed by atoms with Crippen molar-refractivity contribution in [1.29, 1.82) is 0 Å². The van der Waals surface area contributed by atoms with Crippen molar-refractivity contribution in [1.82, 2.24) is 10.2 Å². The lowest BCUT2D eigenvalue weighted by Crippen LogP contribution is -2.50. The lowest BCUT2D eigenvalue weighted by Gasteiger charge is -2.33. The molecule has 4 nitrogen and oxygen atoms in total. The highest BCUT2D eigenvalue weighted by Crippen LogP contribution is 2.12. The first-order valence-electron chi connectivity index (χ1n) is 5.73. The maximum absolute atomic E-state index is 11.7. The summed E-state index contributed by atoms with van der Waals surface area (Å²) < 4.78 is 0. The Bertz CT molecular complexity index is 211. The van der Waals surface area contributed by atoms with Crippen molar-refractivity contribution in [2.75, 3.05) is 13.1 Å². The van der Waals surface area contributed by atoms with Crippen LogP contribution < -0.4 is 5.32 Å². The van der Waals surface area contributed by atoms with Gasteiger partial charge in [-0.1, -0.05) is 0 Å². The molecule has 0 saturated carbocycles. The summed E-state index contributed by atoms with van der Waals surface area (Å²) in [7, 11) is 0. The van der Waals surface area contributed by atoms with Gasteiger partial charge in [0.2, 0.25) is 5.91 Å². The van der Waals surface area contributed by atoms with Crippen LogP contribution in [-0.2, 0) is 4.79 Å². The maximum Gasteiger partial charge on any atom is 0.237 e. The molecule has 0 aromatic rings. The Kier molecular flexibility index (Phi) is 4.54. The maximum atomic E-state index is 11.7. The van der Waals surface area contributed by atoms with E-state index in [-0.39, 0.29) is 24.1 Å². The lowest BCUT2D eigenvalue weighted by atomic mass is 10.1. The smallest absolute Gasteiger partial charge is 0.237 e. The molecule has 2 N–H and O–H groups in total. The van der Waals surface area contributed by atoms with Crippen LogP contribution in [-0.4, -0.2) is 47.2 Å². The van der Waals surface area contributed by atoms with Crippen LogP contribution in [0.5, 0.6) is 0 Å². The van der Waals surface area contributed by atoms with Crippen molar-refractivity contribution in [2.24, 2.45) is 0 Å². The largest absolute Gasteiger partial charge is 0.393 e. The lowest BCUT2D eigenvalue weighted by molar-refractivity contribution is -0.127. The van der Waals surface area contributed by atoms with Crippen molar-refractivity contribution >= 4 is 5.91 Å². The van der Waals surface area contributed by atoms with E-state index in [2.05, 4.69) is 10.2 Å². The van der Waals surface area contributed by atoms with Gasteiger partial charge in [-0.15, -0.1) is 0 Å². The first-order valence-corrected chi connectivity index (χ1v) is 5.73. The number of nitrogens with one attached hydrogen (secondary N) is 1. The fourth-order valence-electron chi connectivity index (χ4n) is 1.84. The molecule has 1 atom stereocenters. The molecule has 0 bridgehead atoms. The summed E-state index contributed by atoms with van der Waals surface area (Å²) >= 11 is 0. The SMILES string of the molecule is CC(C)NC(=O)C(C)N1CCC(O)CC1. The Morgan fingerprint density at radius 2 is 1.87 bits per heavy atom. The number of rotatable bonds is 3. The summed E-state index contributed by atoms with van der Waals surface area (Å²) in [6.07, 6.45) is 1.38. The van der Waals surface area contributed by atoms with Crippen LogP contribution in [0.4, 0.5) is 0 Å². The summed E-state index contributed by atoms with van der Waals surface area (Å²) in [6.45, 7) is 7.48. The average molecular weight is 214 g/mol. The second kappa shape index (κ2) is 5.47. The van der Waals surface area contributed by atoms with E-state index in [0.717, 1.165) is 25.9 Å². The van der Waals surface area contributed by atoms with Crippen LogP contribution in [0.3, 0.4) is 0 Å². The zero-order chi connectivity index (χ0) is 11.4. The van der Waals surface area contributed by atoms with E-state index in [4.69, 9.17) is 0 Å². The number of nitrogens with zero attached hydrogens (tertiary/aromatic N) is 1. The molecule has 0 aliphatic carbocycles. The molecule has 1 saturated heterocycles. The molecule has 1 unspecified atom stereocenters. The first-order chi connectivity index (χ1) is 7.00. The van der Waals surface area contributed by atoms with Crippen molar-refractivity contribution in [3.05, 3.63) is 0 Å². The Hall–Kier alpha value is -0.610. The zero-order valence-corrected chi connectivity index (χ0v) is 9.86. The van der Waals surface area contributed by atoms with Gasteiger partial charge in [0.25, 0.3) is 0 Å². The molecule has 1 aliphatic heterocycles. The number of carbonyl (C=O) groups is 1. The zero-order valence-electron chi connectivity index (χ0n) is 9.86. The van der Waals surface area contributed by atoms with Crippen LogP contribution in [0.1, 0.15) is 33.6 Å². The van der Waals surface area contributed by atoms with E-state index in [9.17, 15) is 9.90 Å². The average Bonchev–Trinajstić information content (AvgIpc) is 2.17. The van der Waals surface area contributed by atoms with Gasteiger partial charge < -0.3 is 10.4 Å². The fourth-order valence-corrected chi connectivity index (χ4v) is 1.84. The molecule has 1 aliphatic rings. The van der Waals surface area contributed by atoms with E-state index < -0.39 is 0 Å². The Morgan fingerprint density at radius 3 is 2.33 bits per heavy atom. The van der Waals surface area contributed by atoms with Gasteiger partial charge in [0, 0.05) is 19.1 Å². The van der Waals surface area contributed by atoms with E-state index >= 15 is 0 Å². The number of aliphatic hydroxyl groups excluding tert-OH is 1. The number of likely N-dealkylation sites (tertiary alicyclic amines) is 1. The topological polar surface area (TPSA) is 52.6 Å². The van der Waals surface area contributed by atoms with Gasteiger partial charge in [0.1, 0.15) is 0 Å². The molecule has 1 amide bonds. The van der Waals surface area contributed by atoms with Crippen LogP contribution in [0.15, 0.2) is 0 Å². The molecule has 15 heavy (non-hydrogen) atoms. The van der Waals surface area contributed by atoms with Gasteiger partial charge in [-0.25, -0.2) is 0 Å². The highest BCUT2D eigenvalue weighted by molar-refractivity contribution is 5.81. The predicted molar refractivity (Wildman–Crippen MR) is 59.6 cm³/mol. The molecular weight excluding hydrogens is 192 g/mol. The van der Waals surface area contributed by atoms with Gasteiger partial charge in [-0.2, -0.15) is 0 Å². The Balaban J connectivity index is 2.39. The molecule has 1 rings (SSSR count). The third-order valence-electron chi connectivity index (χ3n) is 2.86. The molecule has 1 heterocycles. The number of carbonyl (C=O) groups excluding carboxylic acids is 1. The van der Waals surface area contributed by atoms with Crippen LogP contribution >= 0.6 is 0 Å². The molecule has 1 fully saturated rings. The van der Waals surface area contributed by atoms with Crippen LogP contribution in [0, 0.1) is 0 Å². The Labute approximate surface area is 91.6 Å². The summed E-state index contributed by atoms with van der Waals surface area (Å²) in [6, 6.07) is 0.107. The second-order valence-electron chi connectivity index (χ2n) is 4.61. The number of amides is 1. The number of piperidine rings is 1. The molecule has 0 aromatic carbocycles. The quantitative estimate of drug-likeness (QED) is 0.713. The third kappa shape index (κ3) is 3.80. The van der Waals surface area contributed by atoms with Gasteiger partial charge in [0.15, 0.2) is 0 Å². The number of hydrogen-bond donors (Lipinski definition) is 2. The van der Waals surface area contributed by atoms with Gasteiger partial charge in [0.05, 0.1) is 12.1 Å². The number of aliphatic hydroxyl groups is 1. The van der Waals surface area contributed by atoms with E-state index in [0.29, 0.717) is 0 Å². The fraction of sp³-hybridized carbons (Fsp3) is 0.909. The van der Waals surface area contributed by atoms with Crippen molar-refractivity contribution in [3.8, 4) is 0 Å². The second-order valence-corrected chi connectivity index (χ2v) is 4.61. The standard InChI is InChI=1S/C11H22N2O2/c1-8(2)12-11(15)9(3)13-6-4-10(14)5-7-13/h8-10,14H,4-7H2,1-3H3,(H,12,15). The highest BCUT2D eigenvalue weighted by atomic mass is 16.3. The minimum Gasteiger partial charge on any atom is -0.393 e. The van der Waals surface area contributed by atoms with Crippen molar-refractivity contribution in [3.63, 3.8) is 0 Å². The van der Waals surface area contributed by atoms with Crippen molar-refractivity contribution < 1.29 is 9.90 Å². The van der Waals surface area contributed by atoms with Crippen LogP contribution in [0.25, 0.3) is 0 Å². The molecule has 0 aromatic heterocycles. The van der Waals surface area contributed by atoms with Crippen LogP contribution in [0.2, 0.25) is 0 Å². The van der Waals surface area contributed by atoms with E-state index in [1.807, 2.05) is 20.8 Å². The summed E-state index contributed by atoms with van der Waals surface area (Å²) in [4.78, 5) is 13.8. The van der Waals surface area contributed by atoms with Crippen molar-refractivity contribution in [2.45, 2.75) is 51.8 Å². The minimum atomic E-state index is -0.179. The molecule has 88 valence electrons. The Morgan fingerprint density at radius 1 is 1.33 bits per heavy atom. The molecule has 0 spiro atoms. The van der Waals surface area contributed by atoms with Gasteiger partial charge >= 0.3 is 0 Å². The normalized spacial score (nSPS) is 21.7. The number of hydrogen-bond acceptors (Lipinski definition) is 3. The van der Waals surface area contributed by atoms with Gasteiger partial charge in [-0.3, -0.25) is 9.69 Å². The third-order valence-corrected chi connectivity index (χ3v) is 2.86. The summed E-state index contributed by atoms with van der Waals surface area (Å²) in [5.41, 5.74) is 0. The molecule has 0 radical (unpaired) electrons. The van der Waals surface area contributed by atoms with E-state index in [1.165, 1.54) is 0 Å². The molecular formula is C11H22N2O2. The van der Waals surface area contributed by atoms with E-state index in [1.54, 1.807) is 0 Å². The summed E-state index contributed by atoms with van der Waals surface area (Å²) in [5.74, 6) is 0.0846. The highest BCUT2D eigenvalue weighted by Gasteiger charge is 2.25. The predicted octanol–water partition coefficient (Wildman–Crippen LogP) is 0.356. The van der Waals surface area contributed by atoms with Gasteiger partial charge in [-0.05, 0) is 33.6 Å². The first kappa shape index (κ1) is 12.5. The minimum absolute atomic E-state index is 0.0834.